The quantitative estimate of drug-likeness (QED) is 0.769. The van der Waals surface area contributed by atoms with E-state index in [1.165, 1.54) is 6.20 Å². The maximum Gasteiger partial charge on any atom is 0.184 e. The summed E-state index contributed by atoms with van der Waals surface area (Å²) in [6.45, 7) is 1.79. The average Bonchev–Trinajstić information content (AvgIpc) is 2.27. The van der Waals surface area contributed by atoms with Crippen LogP contribution < -0.4 is 5.73 Å². The zero-order valence-corrected chi connectivity index (χ0v) is 10.5. The number of hydrogen-bond donors (Lipinski definition) is 1. The van der Waals surface area contributed by atoms with Crippen molar-refractivity contribution >= 4 is 21.3 Å². The van der Waals surface area contributed by atoms with Gasteiger partial charge in [0.25, 0.3) is 0 Å². The highest BCUT2D eigenvalue weighted by molar-refractivity contribution is 7.91. The molecule has 0 atom stereocenters. The fourth-order valence-electron chi connectivity index (χ4n) is 1.43. The lowest BCUT2D eigenvalue weighted by molar-refractivity contribution is 0.0985. The van der Waals surface area contributed by atoms with E-state index in [0.29, 0.717) is 6.42 Å². The number of nitrogens with zero attached hydrogens (tertiary/aromatic N) is 1. The topological polar surface area (TPSA) is 90.1 Å². The summed E-state index contributed by atoms with van der Waals surface area (Å²) in [7, 11) is -3.14. The number of aromatic nitrogens is 1. The number of pyridine rings is 1. The molecule has 1 heterocycles. The number of anilines is 1. The molecule has 1 aromatic heterocycles. The van der Waals surface area contributed by atoms with Crippen LogP contribution in [0.1, 0.15) is 30.3 Å². The van der Waals surface area contributed by atoms with Crippen molar-refractivity contribution in [1.82, 2.24) is 4.98 Å². The van der Waals surface area contributed by atoms with Crippen LogP contribution in [0.5, 0.6) is 0 Å². The van der Waals surface area contributed by atoms with Gasteiger partial charge >= 0.3 is 0 Å². The van der Waals surface area contributed by atoms with Crippen molar-refractivity contribution in [3.8, 4) is 0 Å². The van der Waals surface area contributed by atoms with Crippen LogP contribution in [0.4, 0.5) is 5.69 Å². The predicted molar refractivity (Wildman–Crippen MR) is 66.5 cm³/mol. The minimum Gasteiger partial charge on any atom is -0.397 e. The second-order valence-electron chi connectivity index (χ2n) is 3.77. The summed E-state index contributed by atoms with van der Waals surface area (Å²) in [5, 5.41) is 0. The molecule has 5 nitrogen and oxygen atoms in total. The number of sulfone groups is 1. The molecule has 94 valence electrons. The summed E-state index contributed by atoms with van der Waals surface area (Å²) >= 11 is 0. The van der Waals surface area contributed by atoms with E-state index in [2.05, 4.69) is 4.98 Å². The molecule has 1 aromatic rings. The first-order chi connectivity index (χ1) is 7.96. The van der Waals surface area contributed by atoms with Crippen molar-refractivity contribution in [2.24, 2.45) is 0 Å². The lowest BCUT2D eigenvalue weighted by Crippen LogP contribution is -2.15. The molecule has 6 heteroatoms. The van der Waals surface area contributed by atoms with Crippen LogP contribution in [0.25, 0.3) is 0 Å². The van der Waals surface area contributed by atoms with E-state index in [1.807, 2.05) is 0 Å². The van der Waals surface area contributed by atoms with E-state index in [-0.39, 0.29) is 35.1 Å². The number of hydrogen-bond acceptors (Lipinski definition) is 5. The van der Waals surface area contributed by atoms with Gasteiger partial charge in [0.1, 0.15) is 5.69 Å². The van der Waals surface area contributed by atoms with Crippen molar-refractivity contribution in [2.75, 3.05) is 17.2 Å². The second-order valence-corrected chi connectivity index (χ2v) is 6.07. The average molecular weight is 256 g/mol. The Morgan fingerprint density at radius 3 is 2.71 bits per heavy atom. The van der Waals surface area contributed by atoms with Gasteiger partial charge in [-0.05, 0) is 18.6 Å². The van der Waals surface area contributed by atoms with Gasteiger partial charge in [0.05, 0.1) is 11.4 Å². The smallest absolute Gasteiger partial charge is 0.184 e. The molecular weight excluding hydrogens is 240 g/mol. The fraction of sp³-hybridized carbons (Fsp3) is 0.455. The van der Waals surface area contributed by atoms with Gasteiger partial charge in [0.15, 0.2) is 15.6 Å². The number of rotatable bonds is 6. The molecule has 0 spiro atoms. The molecule has 0 aromatic carbocycles. The Morgan fingerprint density at radius 1 is 1.41 bits per heavy atom. The number of carbonyl (C=O) groups is 1. The van der Waals surface area contributed by atoms with Gasteiger partial charge in [-0.25, -0.2) is 8.42 Å². The van der Waals surface area contributed by atoms with Gasteiger partial charge < -0.3 is 5.73 Å². The summed E-state index contributed by atoms with van der Waals surface area (Å²) < 4.78 is 22.9. The second kappa shape index (κ2) is 5.77. The molecular formula is C11H16N2O3S. The van der Waals surface area contributed by atoms with Gasteiger partial charge in [-0.2, -0.15) is 0 Å². The fourth-order valence-corrected chi connectivity index (χ4v) is 2.75. The molecule has 0 aliphatic carbocycles. The van der Waals surface area contributed by atoms with Crippen LogP contribution in [-0.4, -0.2) is 30.7 Å². The third-order valence-electron chi connectivity index (χ3n) is 2.26. The molecule has 0 radical (unpaired) electrons. The maximum atomic E-state index is 11.7. The van der Waals surface area contributed by atoms with E-state index in [1.54, 1.807) is 19.1 Å². The summed E-state index contributed by atoms with van der Waals surface area (Å²) in [6.07, 6.45) is 1.95. The first kappa shape index (κ1) is 13.6. The Hall–Kier alpha value is -1.43. The van der Waals surface area contributed by atoms with Gasteiger partial charge in [0.2, 0.25) is 0 Å². The summed E-state index contributed by atoms with van der Waals surface area (Å²) in [4.78, 5) is 15.6. The molecule has 17 heavy (non-hydrogen) atoms. The van der Waals surface area contributed by atoms with Crippen molar-refractivity contribution in [2.45, 2.75) is 19.8 Å². The molecule has 1 rings (SSSR count). The van der Waals surface area contributed by atoms with E-state index in [4.69, 9.17) is 5.73 Å². The first-order valence-corrected chi connectivity index (χ1v) is 7.22. The Labute approximate surface area is 101 Å². The minimum atomic E-state index is -3.14. The standard InChI is InChI=1S/C11H16N2O3S/c1-2-7-17(15,16)8-5-10(14)11-9(12)4-3-6-13-11/h3-4,6H,2,5,7-8,12H2,1H3. The number of carbonyl (C=O) groups excluding carboxylic acids is 1. The molecule has 0 fully saturated rings. The third-order valence-corrected chi connectivity index (χ3v) is 4.11. The Balaban J connectivity index is 2.66. The number of Topliss-reactive ketones (excluding diaryl/α,β-unsaturated/α-hetero) is 1. The van der Waals surface area contributed by atoms with Crippen LogP contribution in [0.3, 0.4) is 0 Å². The zero-order valence-electron chi connectivity index (χ0n) is 9.72. The van der Waals surface area contributed by atoms with Crippen molar-refractivity contribution in [3.63, 3.8) is 0 Å². The van der Waals surface area contributed by atoms with E-state index in [0.717, 1.165) is 0 Å². The predicted octanol–water partition coefficient (Wildman–Crippen LogP) is 1.06. The lowest BCUT2D eigenvalue weighted by Gasteiger charge is -2.04. The number of nitrogen functional groups attached to an aromatic ring is 1. The highest BCUT2D eigenvalue weighted by Gasteiger charge is 2.16. The summed E-state index contributed by atoms with van der Waals surface area (Å²) in [5.41, 5.74) is 6.02. The van der Waals surface area contributed by atoms with Gasteiger partial charge in [-0.1, -0.05) is 6.92 Å². The maximum absolute atomic E-state index is 11.7. The first-order valence-electron chi connectivity index (χ1n) is 5.40. The molecule has 0 saturated carbocycles. The molecule has 2 N–H and O–H groups in total. The van der Waals surface area contributed by atoms with Gasteiger partial charge in [-0.3, -0.25) is 9.78 Å². The molecule has 0 amide bonds. The minimum absolute atomic E-state index is 0.0659. The highest BCUT2D eigenvalue weighted by atomic mass is 32.2. The lowest BCUT2D eigenvalue weighted by atomic mass is 10.2. The monoisotopic (exact) mass is 256 g/mol. The summed E-state index contributed by atoms with van der Waals surface area (Å²) in [5.74, 6) is -0.365. The zero-order chi connectivity index (χ0) is 12.9. The van der Waals surface area contributed by atoms with Crippen LogP contribution in [0.2, 0.25) is 0 Å². The van der Waals surface area contributed by atoms with Crippen molar-refractivity contribution in [1.29, 1.82) is 0 Å². The Morgan fingerprint density at radius 2 is 2.12 bits per heavy atom. The van der Waals surface area contributed by atoms with E-state index in [9.17, 15) is 13.2 Å². The van der Waals surface area contributed by atoms with Gasteiger partial charge in [-0.15, -0.1) is 0 Å². The van der Waals surface area contributed by atoms with Crippen LogP contribution in [-0.2, 0) is 9.84 Å². The molecule has 0 aliphatic heterocycles. The van der Waals surface area contributed by atoms with E-state index < -0.39 is 9.84 Å². The highest BCUT2D eigenvalue weighted by Crippen LogP contribution is 2.10. The SMILES string of the molecule is CCCS(=O)(=O)CCC(=O)c1ncccc1N. The van der Waals surface area contributed by atoms with E-state index >= 15 is 0 Å². The largest absolute Gasteiger partial charge is 0.397 e. The molecule has 0 aliphatic rings. The molecule has 0 bridgehead atoms. The summed E-state index contributed by atoms with van der Waals surface area (Å²) in [6, 6.07) is 3.20. The van der Waals surface area contributed by atoms with Crippen LogP contribution in [0.15, 0.2) is 18.3 Å². The number of nitrogens with two attached hydrogens (primary N) is 1. The molecule has 0 saturated heterocycles. The molecule has 0 unspecified atom stereocenters. The third kappa shape index (κ3) is 4.14. The van der Waals surface area contributed by atoms with Gasteiger partial charge in [0, 0.05) is 18.4 Å². The van der Waals surface area contributed by atoms with Crippen LogP contribution >= 0.6 is 0 Å². The Kier molecular flexibility index (Phi) is 4.62. The normalized spacial score (nSPS) is 11.4. The number of ketones is 1. The Bertz CT molecular complexity index is 497. The van der Waals surface area contributed by atoms with Crippen molar-refractivity contribution < 1.29 is 13.2 Å². The van der Waals surface area contributed by atoms with Crippen LogP contribution in [0, 0.1) is 0 Å². The van der Waals surface area contributed by atoms with Crippen molar-refractivity contribution in [3.05, 3.63) is 24.0 Å².